The van der Waals surface area contributed by atoms with E-state index in [-0.39, 0.29) is 12.3 Å². The number of benzene rings is 2. The van der Waals surface area contributed by atoms with Gasteiger partial charge in [-0.25, -0.2) is 10.2 Å². The molecule has 2 atom stereocenters. The highest BCUT2D eigenvalue weighted by molar-refractivity contribution is 6.36. The molecule has 0 fully saturated rings. The van der Waals surface area contributed by atoms with Gasteiger partial charge >= 0.3 is 5.97 Å². The van der Waals surface area contributed by atoms with Gasteiger partial charge in [0.2, 0.25) is 5.91 Å². The molecule has 8 heteroatoms. The van der Waals surface area contributed by atoms with Gasteiger partial charge in [0, 0.05) is 28.3 Å². The molecular formula is C18H17Cl2N3O3. The quantitative estimate of drug-likeness (QED) is 0.740. The van der Waals surface area contributed by atoms with Crippen LogP contribution in [0.4, 0.5) is 11.4 Å². The van der Waals surface area contributed by atoms with Gasteiger partial charge in [-0.1, -0.05) is 41.4 Å². The van der Waals surface area contributed by atoms with Gasteiger partial charge in [-0.2, -0.15) is 0 Å². The second-order valence-corrected chi connectivity index (χ2v) is 6.76. The van der Waals surface area contributed by atoms with Crippen LogP contribution in [0.3, 0.4) is 0 Å². The molecule has 0 radical (unpaired) electrons. The molecule has 136 valence electrons. The summed E-state index contributed by atoms with van der Waals surface area (Å²) >= 11 is 12.5. The number of hydrogen-bond donors (Lipinski definition) is 3. The van der Waals surface area contributed by atoms with E-state index in [0.717, 1.165) is 0 Å². The molecule has 2 aromatic carbocycles. The summed E-state index contributed by atoms with van der Waals surface area (Å²) in [6.07, 6.45) is 0.0726. The molecule has 2 aromatic rings. The molecule has 1 amide bonds. The first-order valence-corrected chi connectivity index (χ1v) is 8.72. The highest BCUT2D eigenvalue weighted by Gasteiger charge is 2.41. The third-order valence-electron chi connectivity index (χ3n) is 4.33. The van der Waals surface area contributed by atoms with Gasteiger partial charge in [0.1, 0.15) is 6.04 Å². The fourth-order valence-corrected chi connectivity index (χ4v) is 3.82. The number of nitrogens with one attached hydrogen (secondary N) is 2. The minimum atomic E-state index is -1.04. The second kappa shape index (κ2) is 7.53. The summed E-state index contributed by atoms with van der Waals surface area (Å²) in [6, 6.07) is 11.2. The van der Waals surface area contributed by atoms with Crippen LogP contribution >= 0.6 is 23.2 Å². The number of rotatable bonds is 4. The van der Waals surface area contributed by atoms with Crippen LogP contribution < -0.4 is 15.8 Å². The van der Waals surface area contributed by atoms with Crippen molar-refractivity contribution in [1.29, 1.82) is 0 Å². The molecular weight excluding hydrogens is 377 g/mol. The molecule has 26 heavy (non-hydrogen) atoms. The Morgan fingerprint density at radius 2 is 1.88 bits per heavy atom. The number of carbonyl (C=O) groups is 2. The van der Waals surface area contributed by atoms with Crippen molar-refractivity contribution in [2.75, 3.05) is 17.4 Å². The zero-order valence-corrected chi connectivity index (χ0v) is 15.4. The van der Waals surface area contributed by atoms with Crippen molar-refractivity contribution in [2.45, 2.75) is 18.4 Å². The van der Waals surface area contributed by atoms with Crippen LogP contribution in [0.25, 0.3) is 0 Å². The molecule has 2 unspecified atom stereocenters. The molecule has 0 saturated heterocycles. The predicted molar refractivity (Wildman–Crippen MR) is 102 cm³/mol. The molecule has 0 spiro atoms. The Balaban J connectivity index is 2.05. The number of para-hydroxylation sites is 1. The van der Waals surface area contributed by atoms with Crippen LogP contribution in [0.2, 0.25) is 10.0 Å². The lowest BCUT2D eigenvalue weighted by atomic mass is 9.85. The number of hydrogen-bond acceptors (Lipinski definition) is 4. The van der Waals surface area contributed by atoms with Crippen LogP contribution in [0.15, 0.2) is 42.5 Å². The molecule has 0 saturated carbocycles. The first kappa shape index (κ1) is 18.5. The minimum absolute atomic E-state index is 0.0726. The summed E-state index contributed by atoms with van der Waals surface area (Å²) in [6.45, 7) is 0. The number of aliphatic carboxylic acids is 1. The van der Waals surface area contributed by atoms with E-state index in [4.69, 9.17) is 23.2 Å². The largest absolute Gasteiger partial charge is 0.480 e. The summed E-state index contributed by atoms with van der Waals surface area (Å²) in [5.41, 5.74) is 4.53. The van der Waals surface area contributed by atoms with Gasteiger partial charge in [0.05, 0.1) is 11.6 Å². The number of halogens is 2. The minimum Gasteiger partial charge on any atom is -0.480 e. The number of anilines is 2. The van der Waals surface area contributed by atoms with Crippen molar-refractivity contribution >= 4 is 46.5 Å². The summed E-state index contributed by atoms with van der Waals surface area (Å²) in [5, 5.41) is 14.6. The van der Waals surface area contributed by atoms with E-state index in [1.807, 2.05) is 6.07 Å². The van der Waals surface area contributed by atoms with Gasteiger partial charge in [-0.3, -0.25) is 9.80 Å². The van der Waals surface area contributed by atoms with Crippen LogP contribution in [0.1, 0.15) is 17.9 Å². The molecule has 3 rings (SSSR count). The van der Waals surface area contributed by atoms with Crippen molar-refractivity contribution in [3.8, 4) is 0 Å². The first-order chi connectivity index (χ1) is 12.4. The maximum absolute atomic E-state index is 12.9. The number of carboxylic acid groups (broad SMARTS) is 1. The Labute approximate surface area is 160 Å². The third kappa shape index (κ3) is 3.49. The van der Waals surface area contributed by atoms with Crippen LogP contribution in [-0.2, 0) is 9.59 Å². The fourth-order valence-electron chi connectivity index (χ4n) is 3.21. The van der Waals surface area contributed by atoms with Gasteiger partial charge in [0.15, 0.2) is 0 Å². The topological polar surface area (TPSA) is 81.7 Å². The average Bonchev–Trinajstić information content (AvgIpc) is 2.60. The van der Waals surface area contributed by atoms with Crippen LogP contribution in [-0.4, -0.2) is 30.1 Å². The number of carbonyl (C=O) groups excluding carboxylic acids is 1. The number of nitrogens with zero attached hydrogens (tertiary/aromatic N) is 1. The summed E-state index contributed by atoms with van der Waals surface area (Å²) in [4.78, 5) is 24.6. The van der Waals surface area contributed by atoms with E-state index in [1.165, 1.54) is 5.01 Å². The molecule has 0 bridgehead atoms. The first-order valence-electron chi connectivity index (χ1n) is 7.96. The molecule has 0 aromatic heterocycles. The Morgan fingerprint density at radius 3 is 2.50 bits per heavy atom. The lowest BCUT2D eigenvalue weighted by molar-refractivity contribution is -0.139. The molecule has 1 aliphatic rings. The van der Waals surface area contributed by atoms with Crippen molar-refractivity contribution in [3.63, 3.8) is 0 Å². The maximum Gasteiger partial charge on any atom is 0.327 e. The Bertz CT molecular complexity index is 845. The smallest absolute Gasteiger partial charge is 0.327 e. The Hall–Kier alpha value is -2.28. The van der Waals surface area contributed by atoms with Gasteiger partial charge in [0.25, 0.3) is 0 Å². The molecule has 1 aliphatic heterocycles. The van der Waals surface area contributed by atoms with E-state index >= 15 is 0 Å². The van der Waals surface area contributed by atoms with Gasteiger partial charge < -0.3 is 10.4 Å². The highest BCUT2D eigenvalue weighted by atomic mass is 35.5. The molecule has 3 N–H and O–H groups in total. The number of hydrazine groups is 1. The third-order valence-corrected chi connectivity index (χ3v) is 4.87. The summed E-state index contributed by atoms with van der Waals surface area (Å²) < 4.78 is 0. The van der Waals surface area contributed by atoms with E-state index < -0.39 is 17.9 Å². The average molecular weight is 394 g/mol. The Morgan fingerprint density at radius 1 is 1.19 bits per heavy atom. The van der Waals surface area contributed by atoms with E-state index in [1.54, 1.807) is 43.4 Å². The highest BCUT2D eigenvalue weighted by Crippen LogP contribution is 2.43. The fraction of sp³-hybridized carbons (Fsp3) is 0.222. The van der Waals surface area contributed by atoms with Crippen molar-refractivity contribution in [2.24, 2.45) is 0 Å². The zero-order chi connectivity index (χ0) is 18.8. The van der Waals surface area contributed by atoms with E-state index in [2.05, 4.69) is 10.7 Å². The van der Waals surface area contributed by atoms with E-state index in [9.17, 15) is 14.7 Å². The Kier molecular flexibility index (Phi) is 5.36. The predicted octanol–water partition coefficient (Wildman–Crippen LogP) is 3.51. The van der Waals surface area contributed by atoms with Crippen molar-refractivity contribution in [3.05, 3.63) is 58.1 Å². The van der Waals surface area contributed by atoms with Gasteiger partial charge in [-0.15, -0.1) is 0 Å². The monoisotopic (exact) mass is 393 g/mol. The van der Waals surface area contributed by atoms with Crippen molar-refractivity contribution < 1.29 is 14.7 Å². The van der Waals surface area contributed by atoms with Crippen LogP contribution in [0.5, 0.6) is 0 Å². The lowest BCUT2D eigenvalue weighted by Crippen LogP contribution is -2.53. The van der Waals surface area contributed by atoms with Crippen molar-refractivity contribution in [1.82, 2.24) is 5.43 Å². The van der Waals surface area contributed by atoms with E-state index in [0.29, 0.717) is 27.0 Å². The van der Waals surface area contributed by atoms with Crippen LogP contribution in [0, 0.1) is 0 Å². The maximum atomic E-state index is 12.9. The zero-order valence-electron chi connectivity index (χ0n) is 13.9. The standard InChI is InChI=1S/C18H17Cl2N3O3/c1-21-23-14-8-10(19)7-13(20)16(14)12(9-15(23)18(25)26)17(24)22-11-5-3-2-4-6-11/h2-8,12,15,21H,9H2,1H3,(H,22,24)(H,25,26). The second-order valence-electron chi connectivity index (χ2n) is 5.91. The normalized spacial score (nSPS) is 19.0. The number of fused-ring (bicyclic) bond motifs is 1. The van der Waals surface area contributed by atoms with Gasteiger partial charge in [-0.05, 0) is 30.7 Å². The molecule has 0 aliphatic carbocycles. The lowest BCUT2D eigenvalue weighted by Gasteiger charge is -2.39. The number of carboxylic acids is 1. The summed E-state index contributed by atoms with van der Waals surface area (Å²) in [7, 11) is 1.61. The number of amides is 1. The molecule has 6 nitrogen and oxygen atoms in total. The SMILES string of the molecule is CNN1c2cc(Cl)cc(Cl)c2C(C(=O)Nc2ccccc2)CC1C(=O)O. The summed E-state index contributed by atoms with van der Waals surface area (Å²) in [5.74, 6) is -2.08. The molecule has 1 heterocycles.